The molecule has 1 aromatic carbocycles. The van der Waals surface area contributed by atoms with Gasteiger partial charge in [-0.3, -0.25) is 4.79 Å². The summed E-state index contributed by atoms with van der Waals surface area (Å²) in [5, 5.41) is 11.1. The molecule has 8 nitrogen and oxygen atoms in total. The van der Waals surface area contributed by atoms with Crippen molar-refractivity contribution in [2.45, 2.75) is 51.2 Å². The first-order valence-corrected chi connectivity index (χ1v) is 9.65. The predicted octanol–water partition coefficient (Wildman–Crippen LogP) is 2.14. The Morgan fingerprint density at radius 1 is 1.21 bits per heavy atom. The number of hydrogen-bond donors (Lipinski definition) is 2. The lowest BCUT2D eigenvalue weighted by molar-refractivity contribution is 0.0946. The molecule has 0 spiro atoms. The lowest BCUT2D eigenvalue weighted by atomic mass is 9.92. The van der Waals surface area contributed by atoms with Gasteiger partial charge in [-0.05, 0) is 50.3 Å². The van der Waals surface area contributed by atoms with E-state index < -0.39 is 0 Å². The molecular formula is C20H25N7O. The topological polar surface area (TPSA) is 104 Å². The summed E-state index contributed by atoms with van der Waals surface area (Å²) < 4.78 is 3.82. The Hall–Kier alpha value is -3.00. The number of rotatable bonds is 5. The van der Waals surface area contributed by atoms with E-state index in [1.54, 1.807) is 12.4 Å². The number of nitrogens with one attached hydrogen (secondary N) is 1. The molecule has 1 saturated carbocycles. The van der Waals surface area contributed by atoms with Gasteiger partial charge in [0.2, 0.25) is 0 Å². The quantitative estimate of drug-likeness (QED) is 0.707. The minimum atomic E-state index is -0.215. The Morgan fingerprint density at radius 3 is 2.64 bits per heavy atom. The van der Waals surface area contributed by atoms with E-state index >= 15 is 0 Å². The molecule has 0 bridgehead atoms. The number of carbonyl (C=O) groups is 1. The standard InChI is InChI=1S/C20H25N7O/c1-14-22-10-11-26(14)17-6-2-15(3-7-17)12-23-20(28)19-13-27(25-24-19)18-8-4-16(21)5-9-18/h2-3,6-7,10-11,13,16,18H,4-5,8-9,12,21H2,1H3,(H,23,28). The number of benzene rings is 1. The fourth-order valence-corrected chi connectivity index (χ4v) is 3.62. The van der Waals surface area contributed by atoms with Gasteiger partial charge in [0.25, 0.3) is 5.91 Å². The van der Waals surface area contributed by atoms with Crippen molar-refractivity contribution in [3.8, 4) is 5.69 Å². The van der Waals surface area contributed by atoms with Crippen molar-refractivity contribution in [2.24, 2.45) is 5.73 Å². The van der Waals surface area contributed by atoms with Gasteiger partial charge < -0.3 is 15.6 Å². The summed E-state index contributed by atoms with van der Waals surface area (Å²) >= 11 is 0. The van der Waals surface area contributed by atoms with Crippen LogP contribution >= 0.6 is 0 Å². The number of amides is 1. The van der Waals surface area contributed by atoms with Crippen molar-refractivity contribution in [1.29, 1.82) is 0 Å². The van der Waals surface area contributed by atoms with Crippen molar-refractivity contribution in [3.05, 3.63) is 59.9 Å². The van der Waals surface area contributed by atoms with E-state index in [0.717, 1.165) is 42.8 Å². The fraction of sp³-hybridized carbons (Fsp3) is 0.400. The van der Waals surface area contributed by atoms with E-state index in [1.165, 1.54) is 0 Å². The second-order valence-corrected chi connectivity index (χ2v) is 7.35. The second kappa shape index (κ2) is 7.93. The van der Waals surface area contributed by atoms with E-state index in [2.05, 4.69) is 20.6 Å². The average molecular weight is 379 g/mol. The highest BCUT2D eigenvalue weighted by atomic mass is 16.2. The summed E-state index contributed by atoms with van der Waals surface area (Å²) in [4.78, 5) is 16.6. The highest BCUT2D eigenvalue weighted by molar-refractivity contribution is 5.91. The zero-order chi connectivity index (χ0) is 19.5. The highest BCUT2D eigenvalue weighted by Crippen LogP contribution is 2.26. The number of carbonyl (C=O) groups excluding carboxylic acids is 1. The van der Waals surface area contributed by atoms with Crippen molar-refractivity contribution in [2.75, 3.05) is 0 Å². The zero-order valence-electron chi connectivity index (χ0n) is 16.0. The first kappa shape index (κ1) is 18.4. The van der Waals surface area contributed by atoms with Gasteiger partial charge in [-0.25, -0.2) is 9.67 Å². The molecule has 0 radical (unpaired) electrons. The maximum absolute atomic E-state index is 12.4. The molecular weight excluding hydrogens is 354 g/mol. The normalized spacial score (nSPS) is 19.5. The predicted molar refractivity (Wildman–Crippen MR) is 105 cm³/mol. The van der Waals surface area contributed by atoms with Crippen LogP contribution in [-0.2, 0) is 6.54 Å². The third-order valence-corrected chi connectivity index (χ3v) is 5.35. The number of nitrogens with zero attached hydrogens (tertiary/aromatic N) is 5. The van der Waals surface area contributed by atoms with Gasteiger partial charge in [0.05, 0.1) is 12.2 Å². The van der Waals surface area contributed by atoms with Gasteiger partial charge in [0.15, 0.2) is 5.69 Å². The van der Waals surface area contributed by atoms with Crippen LogP contribution in [0.5, 0.6) is 0 Å². The molecule has 0 aliphatic heterocycles. The molecule has 1 aliphatic rings. The Morgan fingerprint density at radius 2 is 1.96 bits per heavy atom. The summed E-state index contributed by atoms with van der Waals surface area (Å²) in [5.74, 6) is 0.720. The lowest BCUT2D eigenvalue weighted by Crippen LogP contribution is -2.28. The molecule has 4 rings (SSSR count). The monoisotopic (exact) mass is 379 g/mol. The highest BCUT2D eigenvalue weighted by Gasteiger charge is 2.22. The maximum atomic E-state index is 12.4. The minimum absolute atomic E-state index is 0.215. The first-order chi connectivity index (χ1) is 13.6. The molecule has 28 heavy (non-hydrogen) atoms. The van der Waals surface area contributed by atoms with E-state index in [1.807, 2.05) is 46.6 Å². The van der Waals surface area contributed by atoms with Crippen LogP contribution in [-0.4, -0.2) is 36.5 Å². The van der Waals surface area contributed by atoms with Crippen LogP contribution in [0.2, 0.25) is 0 Å². The molecule has 1 aliphatic carbocycles. The molecule has 0 atom stereocenters. The molecule has 0 saturated heterocycles. The lowest BCUT2D eigenvalue weighted by Gasteiger charge is -2.25. The molecule has 2 heterocycles. The van der Waals surface area contributed by atoms with Crippen LogP contribution in [0.15, 0.2) is 42.9 Å². The molecule has 3 N–H and O–H groups in total. The maximum Gasteiger partial charge on any atom is 0.273 e. The Kier molecular flexibility index (Phi) is 5.21. The van der Waals surface area contributed by atoms with E-state index in [9.17, 15) is 4.79 Å². The van der Waals surface area contributed by atoms with E-state index in [4.69, 9.17) is 5.73 Å². The summed E-state index contributed by atoms with van der Waals surface area (Å²) in [6.07, 6.45) is 9.37. The van der Waals surface area contributed by atoms with Gasteiger partial charge in [-0.15, -0.1) is 5.10 Å². The van der Waals surface area contributed by atoms with Crippen LogP contribution in [0.25, 0.3) is 5.69 Å². The third kappa shape index (κ3) is 3.96. The summed E-state index contributed by atoms with van der Waals surface area (Å²) in [7, 11) is 0. The van der Waals surface area contributed by atoms with Gasteiger partial charge in [-0.1, -0.05) is 17.3 Å². The van der Waals surface area contributed by atoms with E-state index in [-0.39, 0.29) is 18.0 Å². The zero-order valence-corrected chi connectivity index (χ0v) is 16.0. The van der Waals surface area contributed by atoms with Crippen LogP contribution in [0.1, 0.15) is 53.6 Å². The van der Waals surface area contributed by atoms with Gasteiger partial charge in [0, 0.05) is 30.7 Å². The number of nitrogens with two attached hydrogens (primary N) is 1. The Labute approximate surface area is 163 Å². The number of imidazole rings is 1. The van der Waals surface area contributed by atoms with Crippen molar-refractivity contribution in [1.82, 2.24) is 29.9 Å². The van der Waals surface area contributed by atoms with Gasteiger partial charge in [0.1, 0.15) is 5.82 Å². The fourth-order valence-electron chi connectivity index (χ4n) is 3.62. The molecule has 146 valence electrons. The second-order valence-electron chi connectivity index (χ2n) is 7.35. The largest absolute Gasteiger partial charge is 0.347 e. The average Bonchev–Trinajstić information content (AvgIpc) is 3.37. The van der Waals surface area contributed by atoms with E-state index in [0.29, 0.717) is 12.2 Å². The smallest absolute Gasteiger partial charge is 0.273 e. The third-order valence-electron chi connectivity index (χ3n) is 5.35. The molecule has 2 aromatic heterocycles. The van der Waals surface area contributed by atoms with Gasteiger partial charge in [-0.2, -0.15) is 0 Å². The SMILES string of the molecule is Cc1nccn1-c1ccc(CNC(=O)c2cn(C3CCC(N)CC3)nn2)cc1. The molecule has 3 aromatic rings. The van der Waals surface area contributed by atoms with Crippen molar-refractivity contribution in [3.63, 3.8) is 0 Å². The Bertz CT molecular complexity index is 936. The van der Waals surface area contributed by atoms with Crippen LogP contribution < -0.4 is 11.1 Å². The number of aromatic nitrogens is 5. The molecule has 0 unspecified atom stereocenters. The minimum Gasteiger partial charge on any atom is -0.347 e. The van der Waals surface area contributed by atoms with Crippen molar-refractivity contribution >= 4 is 5.91 Å². The molecule has 1 amide bonds. The summed E-state index contributed by atoms with van der Waals surface area (Å²) in [6.45, 7) is 2.40. The molecule has 1 fully saturated rings. The summed E-state index contributed by atoms with van der Waals surface area (Å²) in [6, 6.07) is 8.59. The number of hydrogen-bond acceptors (Lipinski definition) is 5. The Balaban J connectivity index is 1.34. The summed E-state index contributed by atoms with van der Waals surface area (Å²) in [5.41, 5.74) is 8.36. The van der Waals surface area contributed by atoms with Crippen molar-refractivity contribution < 1.29 is 4.79 Å². The first-order valence-electron chi connectivity index (χ1n) is 9.65. The molecule has 8 heteroatoms. The van der Waals surface area contributed by atoms with Crippen LogP contribution in [0.4, 0.5) is 0 Å². The van der Waals surface area contributed by atoms with Crippen LogP contribution in [0, 0.1) is 6.92 Å². The van der Waals surface area contributed by atoms with Crippen LogP contribution in [0.3, 0.4) is 0 Å². The number of aryl methyl sites for hydroxylation is 1. The van der Waals surface area contributed by atoms with Gasteiger partial charge >= 0.3 is 0 Å².